The fourth-order valence-corrected chi connectivity index (χ4v) is 3.39. The minimum absolute atomic E-state index is 0.0553. The number of aromatic nitrogens is 3. The maximum Gasteiger partial charge on any atom is 0.293 e. The van der Waals surface area contributed by atoms with Crippen LogP contribution in [0.5, 0.6) is 11.5 Å². The van der Waals surface area contributed by atoms with E-state index in [9.17, 15) is 4.79 Å². The molecule has 2 heterocycles. The molecule has 3 rings (SSSR count). The predicted octanol–water partition coefficient (Wildman–Crippen LogP) is 3.76. The summed E-state index contributed by atoms with van der Waals surface area (Å²) in [5.74, 6) is 1.44. The Morgan fingerprint density at radius 1 is 1.03 bits per heavy atom. The van der Waals surface area contributed by atoms with Gasteiger partial charge in [-0.3, -0.25) is 4.79 Å². The number of nitrogens with one attached hydrogen (secondary N) is 1. The van der Waals surface area contributed by atoms with E-state index in [2.05, 4.69) is 39.0 Å². The van der Waals surface area contributed by atoms with E-state index >= 15 is 0 Å². The van der Waals surface area contributed by atoms with Crippen LogP contribution in [0.15, 0.2) is 24.3 Å². The number of fused-ring (bicyclic) bond motifs is 1. The molecule has 0 aliphatic heterocycles. The summed E-state index contributed by atoms with van der Waals surface area (Å²) in [6.07, 6.45) is 0. The van der Waals surface area contributed by atoms with Gasteiger partial charge in [0.2, 0.25) is 5.82 Å². The third kappa shape index (κ3) is 4.12. The van der Waals surface area contributed by atoms with Crippen LogP contribution in [0.1, 0.15) is 35.7 Å². The van der Waals surface area contributed by atoms with Gasteiger partial charge in [0, 0.05) is 24.8 Å². The molecule has 0 saturated carbocycles. The van der Waals surface area contributed by atoms with Gasteiger partial charge in [-0.05, 0) is 51.5 Å². The van der Waals surface area contributed by atoms with E-state index in [1.807, 2.05) is 19.9 Å². The van der Waals surface area contributed by atoms with Crippen LogP contribution in [0.4, 0.5) is 11.5 Å². The van der Waals surface area contributed by atoms with E-state index in [-0.39, 0.29) is 5.82 Å². The smallest absolute Gasteiger partial charge is 0.293 e. The van der Waals surface area contributed by atoms with Gasteiger partial charge in [-0.15, -0.1) is 0 Å². The molecule has 0 fully saturated rings. The molecule has 1 amide bonds. The molecular formula is C22H27N5O3. The Morgan fingerprint density at radius 3 is 2.40 bits per heavy atom. The minimum Gasteiger partial charge on any atom is -0.497 e. The molecule has 1 aromatic carbocycles. The number of methoxy groups -OCH3 is 2. The van der Waals surface area contributed by atoms with Gasteiger partial charge in [-0.2, -0.15) is 0 Å². The van der Waals surface area contributed by atoms with Crippen molar-refractivity contribution in [1.82, 2.24) is 15.0 Å². The molecule has 30 heavy (non-hydrogen) atoms. The maximum absolute atomic E-state index is 13.0. The second-order valence-corrected chi connectivity index (χ2v) is 6.84. The lowest BCUT2D eigenvalue weighted by Gasteiger charge is -2.22. The van der Waals surface area contributed by atoms with E-state index in [1.54, 1.807) is 25.3 Å². The summed E-state index contributed by atoms with van der Waals surface area (Å²) in [6, 6.07) is 7.16. The van der Waals surface area contributed by atoms with Crippen molar-refractivity contribution in [3.63, 3.8) is 0 Å². The van der Waals surface area contributed by atoms with Crippen LogP contribution in [0, 0.1) is 13.8 Å². The summed E-state index contributed by atoms with van der Waals surface area (Å²) in [5, 5.41) is 3.70. The Balaban J connectivity index is 2.08. The summed E-state index contributed by atoms with van der Waals surface area (Å²) in [5.41, 5.74) is 2.89. The largest absolute Gasteiger partial charge is 0.497 e. The average Bonchev–Trinajstić information content (AvgIpc) is 2.74. The molecule has 8 heteroatoms. The first-order chi connectivity index (χ1) is 14.4. The van der Waals surface area contributed by atoms with E-state index < -0.39 is 5.91 Å². The molecule has 0 spiro atoms. The van der Waals surface area contributed by atoms with Crippen LogP contribution >= 0.6 is 0 Å². The summed E-state index contributed by atoms with van der Waals surface area (Å²) >= 11 is 0. The minimum atomic E-state index is -0.435. The fourth-order valence-electron chi connectivity index (χ4n) is 3.39. The Morgan fingerprint density at radius 2 is 1.77 bits per heavy atom. The van der Waals surface area contributed by atoms with Gasteiger partial charge >= 0.3 is 0 Å². The normalized spacial score (nSPS) is 10.7. The Bertz CT molecular complexity index is 1080. The van der Waals surface area contributed by atoms with Gasteiger partial charge in [0.05, 0.1) is 25.3 Å². The van der Waals surface area contributed by atoms with E-state index in [0.717, 1.165) is 29.7 Å². The Hall–Kier alpha value is -3.42. The van der Waals surface area contributed by atoms with Crippen LogP contribution in [-0.2, 0) is 0 Å². The number of carbonyl (C=O) groups excluding carboxylic acids is 1. The Labute approximate surface area is 176 Å². The maximum atomic E-state index is 13.0. The molecule has 0 atom stereocenters. The van der Waals surface area contributed by atoms with E-state index in [4.69, 9.17) is 9.47 Å². The van der Waals surface area contributed by atoms with Gasteiger partial charge < -0.3 is 19.7 Å². The van der Waals surface area contributed by atoms with Crippen LogP contribution < -0.4 is 19.7 Å². The number of pyridine rings is 1. The molecular weight excluding hydrogens is 382 g/mol. The average molecular weight is 409 g/mol. The van der Waals surface area contributed by atoms with Gasteiger partial charge in [0.15, 0.2) is 5.65 Å². The Kier molecular flexibility index (Phi) is 6.34. The molecule has 0 aliphatic rings. The van der Waals surface area contributed by atoms with Gasteiger partial charge in [0.1, 0.15) is 17.3 Å². The topological polar surface area (TPSA) is 89.5 Å². The van der Waals surface area contributed by atoms with Crippen LogP contribution in [0.25, 0.3) is 11.0 Å². The number of nitrogens with zero attached hydrogens (tertiary/aromatic N) is 4. The molecule has 0 radical (unpaired) electrons. The highest BCUT2D eigenvalue weighted by Crippen LogP contribution is 2.30. The summed E-state index contributed by atoms with van der Waals surface area (Å²) < 4.78 is 10.6. The number of hydrogen-bond acceptors (Lipinski definition) is 7. The number of benzene rings is 1. The first-order valence-electron chi connectivity index (χ1n) is 9.86. The van der Waals surface area contributed by atoms with Crippen molar-refractivity contribution in [1.29, 1.82) is 0 Å². The number of aryl methyl sites for hydroxylation is 2. The molecule has 8 nitrogen and oxygen atoms in total. The highest BCUT2D eigenvalue weighted by Gasteiger charge is 2.20. The highest BCUT2D eigenvalue weighted by atomic mass is 16.5. The predicted molar refractivity (Wildman–Crippen MR) is 118 cm³/mol. The van der Waals surface area contributed by atoms with Gasteiger partial charge in [-0.1, -0.05) is 0 Å². The molecule has 2 aromatic heterocycles. The van der Waals surface area contributed by atoms with Crippen molar-refractivity contribution in [3.05, 3.63) is 41.3 Å². The number of ether oxygens (including phenoxy) is 2. The number of anilines is 2. The number of carbonyl (C=O) groups is 1. The third-order valence-electron chi connectivity index (χ3n) is 4.90. The van der Waals surface area contributed by atoms with Gasteiger partial charge in [-0.25, -0.2) is 15.0 Å². The second-order valence-electron chi connectivity index (χ2n) is 6.84. The zero-order valence-electron chi connectivity index (χ0n) is 18.2. The fraction of sp³-hybridized carbons (Fsp3) is 0.364. The second kappa shape index (κ2) is 8.94. The quantitative estimate of drug-likeness (QED) is 0.635. The molecule has 0 bridgehead atoms. The van der Waals surface area contributed by atoms with Crippen molar-refractivity contribution in [2.24, 2.45) is 0 Å². The lowest BCUT2D eigenvalue weighted by Crippen LogP contribution is -2.26. The van der Waals surface area contributed by atoms with E-state index in [1.165, 1.54) is 7.11 Å². The summed E-state index contributed by atoms with van der Waals surface area (Å²) in [6.45, 7) is 9.53. The van der Waals surface area contributed by atoms with Crippen LogP contribution in [0.3, 0.4) is 0 Å². The number of hydrogen-bond donors (Lipinski definition) is 1. The van der Waals surface area contributed by atoms with Crippen molar-refractivity contribution < 1.29 is 14.3 Å². The number of rotatable bonds is 7. The molecule has 0 unspecified atom stereocenters. The molecule has 1 N–H and O–H groups in total. The van der Waals surface area contributed by atoms with Crippen molar-refractivity contribution in [2.75, 3.05) is 37.5 Å². The van der Waals surface area contributed by atoms with E-state index in [0.29, 0.717) is 28.7 Å². The van der Waals surface area contributed by atoms with Crippen LogP contribution in [-0.4, -0.2) is 48.2 Å². The van der Waals surface area contributed by atoms with Crippen molar-refractivity contribution in [3.8, 4) is 11.5 Å². The highest BCUT2D eigenvalue weighted by molar-refractivity contribution is 6.04. The molecule has 158 valence electrons. The first-order valence-corrected chi connectivity index (χ1v) is 9.86. The standard InChI is InChI=1S/C22H27N5O3/c1-7-27(8-2)21-18-13(3)11-14(4)23-19(18)25-20(26-21)22(28)24-16-10-9-15(29-5)12-17(16)30-6/h9-12H,7-8H2,1-6H3,(H,24,28). The molecule has 0 saturated heterocycles. The third-order valence-corrected chi connectivity index (χ3v) is 4.90. The zero-order valence-corrected chi connectivity index (χ0v) is 18.2. The lowest BCUT2D eigenvalue weighted by molar-refractivity contribution is 0.101. The molecule has 0 aliphatic carbocycles. The monoisotopic (exact) mass is 409 g/mol. The SMILES string of the molecule is CCN(CC)c1nc(C(=O)Nc2ccc(OC)cc2OC)nc2nc(C)cc(C)c12. The number of amides is 1. The van der Waals surface area contributed by atoms with Crippen LogP contribution in [0.2, 0.25) is 0 Å². The molecule has 3 aromatic rings. The summed E-state index contributed by atoms with van der Waals surface area (Å²) in [4.78, 5) is 28.8. The lowest BCUT2D eigenvalue weighted by atomic mass is 10.1. The summed E-state index contributed by atoms with van der Waals surface area (Å²) in [7, 11) is 3.10. The van der Waals surface area contributed by atoms with Crippen molar-refractivity contribution >= 4 is 28.4 Å². The van der Waals surface area contributed by atoms with Crippen molar-refractivity contribution in [2.45, 2.75) is 27.7 Å². The first kappa shape index (κ1) is 21.3. The van der Waals surface area contributed by atoms with Gasteiger partial charge in [0.25, 0.3) is 5.91 Å². The zero-order chi connectivity index (χ0) is 21.8.